The Morgan fingerprint density at radius 2 is 1.66 bits per heavy atom. The van der Waals surface area contributed by atoms with E-state index >= 15 is 0 Å². The predicted molar refractivity (Wildman–Crippen MR) is 123 cm³/mol. The molecule has 0 amide bonds. The Labute approximate surface area is 186 Å². The lowest BCUT2D eigenvalue weighted by Gasteiger charge is -2.16. The van der Waals surface area contributed by atoms with Crippen molar-refractivity contribution in [1.29, 1.82) is 0 Å². The van der Waals surface area contributed by atoms with E-state index in [9.17, 15) is 0 Å². The molecule has 3 aromatic carbocycles. The van der Waals surface area contributed by atoms with E-state index in [1.807, 2.05) is 49.4 Å². The molecular weight excluding hydrogens is 450 g/mol. The maximum Gasteiger partial charge on any atom is 0.162 e. The molecule has 0 unspecified atom stereocenters. The largest absolute Gasteiger partial charge is 0.490 e. The maximum absolute atomic E-state index is 6.23. The molecule has 0 aliphatic carbocycles. The van der Waals surface area contributed by atoms with Gasteiger partial charge in [0.1, 0.15) is 6.61 Å². The standard InChI is InChI=1S/C24H25BrClNO2/c1-3-28-23-12-20(15-27-14-19-9-4-5-10-22(19)26)21(25)13-24(23)29-16-18-8-6-7-17(2)11-18/h4-13,27H,3,14-16H2,1-2H3. The van der Waals surface area contributed by atoms with Gasteiger partial charge in [-0.05, 0) is 48.7 Å². The third kappa shape index (κ3) is 6.23. The van der Waals surface area contributed by atoms with Gasteiger partial charge in [-0.1, -0.05) is 75.6 Å². The summed E-state index contributed by atoms with van der Waals surface area (Å²) in [6.45, 7) is 6.51. The van der Waals surface area contributed by atoms with Gasteiger partial charge in [-0.3, -0.25) is 0 Å². The van der Waals surface area contributed by atoms with Crippen LogP contribution in [0.2, 0.25) is 5.02 Å². The van der Waals surface area contributed by atoms with Crippen LogP contribution >= 0.6 is 27.5 Å². The van der Waals surface area contributed by atoms with Gasteiger partial charge in [0.15, 0.2) is 11.5 Å². The molecule has 0 radical (unpaired) electrons. The van der Waals surface area contributed by atoms with E-state index in [-0.39, 0.29) is 0 Å². The summed E-state index contributed by atoms with van der Waals surface area (Å²) in [6.07, 6.45) is 0. The van der Waals surface area contributed by atoms with Crippen molar-refractivity contribution >= 4 is 27.5 Å². The third-order valence-electron chi connectivity index (χ3n) is 4.48. The van der Waals surface area contributed by atoms with Gasteiger partial charge in [-0.2, -0.15) is 0 Å². The minimum Gasteiger partial charge on any atom is -0.490 e. The summed E-state index contributed by atoms with van der Waals surface area (Å²) >= 11 is 9.90. The second kappa shape index (κ2) is 10.7. The summed E-state index contributed by atoms with van der Waals surface area (Å²) in [5, 5.41) is 4.21. The number of rotatable bonds is 9. The second-order valence-corrected chi connectivity index (χ2v) is 8.06. The molecule has 1 N–H and O–H groups in total. The summed E-state index contributed by atoms with van der Waals surface area (Å²) in [4.78, 5) is 0. The van der Waals surface area contributed by atoms with Crippen LogP contribution in [0.4, 0.5) is 0 Å². The number of nitrogens with one attached hydrogen (secondary N) is 1. The fraction of sp³-hybridized carbons (Fsp3) is 0.250. The minimum atomic E-state index is 0.498. The highest BCUT2D eigenvalue weighted by Crippen LogP contribution is 2.34. The van der Waals surface area contributed by atoms with Crippen molar-refractivity contribution in [2.75, 3.05) is 6.61 Å². The molecule has 0 saturated carbocycles. The Kier molecular flexibility index (Phi) is 7.99. The summed E-state index contributed by atoms with van der Waals surface area (Å²) in [5.41, 5.74) is 4.53. The van der Waals surface area contributed by atoms with Crippen molar-refractivity contribution in [2.24, 2.45) is 0 Å². The van der Waals surface area contributed by atoms with E-state index in [4.69, 9.17) is 21.1 Å². The van der Waals surface area contributed by atoms with Gasteiger partial charge in [0.05, 0.1) is 6.61 Å². The fourth-order valence-corrected chi connectivity index (χ4v) is 3.70. The molecule has 0 heterocycles. The van der Waals surface area contributed by atoms with Crippen LogP contribution in [0.5, 0.6) is 11.5 Å². The highest BCUT2D eigenvalue weighted by molar-refractivity contribution is 9.10. The normalized spacial score (nSPS) is 10.8. The Hall–Kier alpha value is -2.01. The molecule has 3 rings (SSSR count). The molecule has 3 aromatic rings. The molecule has 152 valence electrons. The minimum absolute atomic E-state index is 0.498. The molecule has 0 aromatic heterocycles. The number of aryl methyl sites for hydroxylation is 1. The van der Waals surface area contributed by atoms with Crippen molar-refractivity contribution in [3.05, 3.63) is 92.4 Å². The van der Waals surface area contributed by atoms with Crippen LogP contribution < -0.4 is 14.8 Å². The third-order valence-corrected chi connectivity index (χ3v) is 5.59. The van der Waals surface area contributed by atoms with Crippen LogP contribution in [0, 0.1) is 6.92 Å². The Morgan fingerprint density at radius 3 is 2.41 bits per heavy atom. The van der Waals surface area contributed by atoms with E-state index in [2.05, 4.69) is 46.4 Å². The molecule has 0 bridgehead atoms. The number of halogens is 2. The average molecular weight is 475 g/mol. The maximum atomic E-state index is 6.23. The second-order valence-electron chi connectivity index (χ2n) is 6.80. The topological polar surface area (TPSA) is 30.5 Å². The summed E-state index contributed by atoms with van der Waals surface area (Å²) in [6, 6.07) is 20.2. The zero-order chi connectivity index (χ0) is 20.6. The molecule has 29 heavy (non-hydrogen) atoms. The van der Waals surface area contributed by atoms with Crippen LogP contribution in [0.25, 0.3) is 0 Å². The molecule has 0 atom stereocenters. The lowest BCUT2D eigenvalue weighted by atomic mass is 10.1. The van der Waals surface area contributed by atoms with E-state index in [1.165, 1.54) is 5.56 Å². The van der Waals surface area contributed by atoms with Crippen molar-refractivity contribution in [2.45, 2.75) is 33.5 Å². The first-order valence-corrected chi connectivity index (χ1v) is 10.8. The van der Waals surface area contributed by atoms with Crippen molar-refractivity contribution in [3.63, 3.8) is 0 Å². The number of hydrogen-bond donors (Lipinski definition) is 1. The predicted octanol–water partition coefficient (Wildman–Crippen LogP) is 6.68. The molecule has 0 spiro atoms. The van der Waals surface area contributed by atoms with E-state index in [0.29, 0.717) is 26.3 Å². The monoisotopic (exact) mass is 473 g/mol. The van der Waals surface area contributed by atoms with Gasteiger partial charge in [-0.15, -0.1) is 0 Å². The zero-order valence-corrected chi connectivity index (χ0v) is 19.0. The van der Waals surface area contributed by atoms with Crippen LogP contribution in [0.15, 0.2) is 65.1 Å². The first-order valence-electron chi connectivity index (χ1n) is 9.64. The van der Waals surface area contributed by atoms with Gasteiger partial charge >= 0.3 is 0 Å². The van der Waals surface area contributed by atoms with Crippen LogP contribution in [-0.2, 0) is 19.7 Å². The highest BCUT2D eigenvalue weighted by atomic mass is 79.9. The van der Waals surface area contributed by atoms with Gasteiger partial charge in [0.25, 0.3) is 0 Å². The SMILES string of the molecule is CCOc1cc(CNCc2ccccc2Cl)c(Br)cc1OCc1cccc(C)c1. The smallest absolute Gasteiger partial charge is 0.162 e. The first kappa shape index (κ1) is 21.7. The molecule has 0 aliphatic heterocycles. The summed E-state index contributed by atoms with van der Waals surface area (Å²) in [7, 11) is 0. The van der Waals surface area contributed by atoms with Crippen molar-refractivity contribution in [1.82, 2.24) is 5.32 Å². The van der Waals surface area contributed by atoms with Crippen LogP contribution in [0.1, 0.15) is 29.2 Å². The summed E-state index contributed by atoms with van der Waals surface area (Å²) < 4.78 is 12.9. The van der Waals surface area contributed by atoms with Crippen LogP contribution in [0.3, 0.4) is 0 Å². The quantitative estimate of drug-likeness (QED) is 0.375. The molecule has 5 heteroatoms. The summed E-state index contributed by atoms with van der Waals surface area (Å²) in [5.74, 6) is 1.48. The lowest BCUT2D eigenvalue weighted by Crippen LogP contribution is -2.13. The zero-order valence-electron chi connectivity index (χ0n) is 16.7. The average Bonchev–Trinajstić information content (AvgIpc) is 2.70. The molecular formula is C24H25BrClNO2. The van der Waals surface area contributed by atoms with Crippen molar-refractivity contribution in [3.8, 4) is 11.5 Å². The molecule has 0 saturated heterocycles. The van der Waals surface area contributed by atoms with Gasteiger partial charge in [-0.25, -0.2) is 0 Å². The number of ether oxygens (including phenoxy) is 2. The first-order chi connectivity index (χ1) is 14.1. The number of benzene rings is 3. The molecule has 0 aliphatic rings. The van der Waals surface area contributed by atoms with Crippen LogP contribution in [-0.4, -0.2) is 6.61 Å². The van der Waals surface area contributed by atoms with Crippen molar-refractivity contribution < 1.29 is 9.47 Å². The Morgan fingerprint density at radius 1 is 0.897 bits per heavy atom. The fourth-order valence-electron chi connectivity index (χ4n) is 3.03. The number of hydrogen-bond acceptors (Lipinski definition) is 3. The van der Waals surface area contributed by atoms with Gasteiger partial charge in [0.2, 0.25) is 0 Å². The van der Waals surface area contributed by atoms with E-state index in [1.54, 1.807) is 0 Å². The lowest BCUT2D eigenvalue weighted by molar-refractivity contribution is 0.268. The van der Waals surface area contributed by atoms with E-state index < -0.39 is 0 Å². The highest BCUT2D eigenvalue weighted by Gasteiger charge is 2.12. The molecule has 0 fully saturated rings. The Balaban J connectivity index is 1.69. The van der Waals surface area contributed by atoms with E-state index in [0.717, 1.165) is 37.7 Å². The molecule has 3 nitrogen and oxygen atoms in total. The van der Waals surface area contributed by atoms with Gasteiger partial charge in [0, 0.05) is 22.6 Å². The Bertz CT molecular complexity index is 961. The van der Waals surface area contributed by atoms with Gasteiger partial charge < -0.3 is 14.8 Å².